The largest absolute Gasteiger partial charge is 0.466 e. The van der Waals surface area contributed by atoms with Crippen LogP contribution in [0.2, 0.25) is 0 Å². The van der Waals surface area contributed by atoms with Gasteiger partial charge in [0.15, 0.2) is 0 Å². The fourth-order valence-electron chi connectivity index (χ4n) is 3.63. The van der Waals surface area contributed by atoms with Crippen molar-refractivity contribution in [1.82, 2.24) is 14.6 Å². The Balaban J connectivity index is 1.71. The second kappa shape index (κ2) is 10.1. The molecule has 0 amide bonds. The molecule has 0 aliphatic heterocycles. The molecule has 7 heteroatoms. The molecule has 0 spiro atoms. The maximum Gasteiger partial charge on any atom is 0.294 e. The minimum Gasteiger partial charge on any atom is -0.466 e. The number of hydrogen-bond acceptors (Lipinski definition) is 5. The Labute approximate surface area is 176 Å². The summed E-state index contributed by atoms with van der Waals surface area (Å²) in [5, 5.41) is 8.07. The quantitative estimate of drug-likeness (QED) is 0.366. The lowest BCUT2D eigenvalue weighted by Crippen LogP contribution is -2.23. The number of unbranched alkanes of at least 4 members (excludes halogenated alkanes) is 2. The zero-order valence-corrected chi connectivity index (χ0v) is 18.6. The highest BCUT2D eigenvalue weighted by Gasteiger charge is 2.20. The van der Waals surface area contributed by atoms with Crippen LogP contribution in [-0.4, -0.2) is 27.7 Å². The van der Waals surface area contributed by atoms with Gasteiger partial charge in [0.2, 0.25) is 4.96 Å². The van der Waals surface area contributed by atoms with Crippen LogP contribution in [0.5, 0.6) is 5.19 Å². The molecule has 0 bridgehead atoms. The van der Waals surface area contributed by atoms with E-state index in [-0.39, 0.29) is 11.9 Å². The van der Waals surface area contributed by atoms with Gasteiger partial charge in [0.05, 0.1) is 11.9 Å². The summed E-state index contributed by atoms with van der Waals surface area (Å²) in [5.41, 5.74) is 1.78. The Morgan fingerprint density at radius 3 is 2.69 bits per heavy atom. The van der Waals surface area contributed by atoms with Crippen molar-refractivity contribution in [3.63, 3.8) is 0 Å². The van der Waals surface area contributed by atoms with Crippen LogP contribution in [0.4, 0.5) is 10.1 Å². The Morgan fingerprint density at radius 2 is 2.03 bits per heavy atom. The molecule has 0 radical (unpaired) electrons. The van der Waals surface area contributed by atoms with E-state index in [2.05, 4.69) is 36.2 Å². The van der Waals surface area contributed by atoms with Crippen LogP contribution >= 0.6 is 11.3 Å². The van der Waals surface area contributed by atoms with E-state index >= 15 is 0 Å². The summed E-state index contributed by atoms with van der Waals surface area (Å²) in [6.45, 7) is 6.59. The second-order valence-electron chi connectivity index (χ2n) is 7.53. The highest BCUT2D eigenvalue weighted by molar-refractivity contribution is 7.18. The standard InChI is InChI=1S/C22H31FN4OS/c1-5-7-8-10-16(9-6-2)15(3)28-22-26-27-14-20(25-21(27)29-22)18-12-11-17(24-4)13-19(18)23/h11-16,24H,5-10H2,1-4H3. The van der Waals surface area contributed by atoms with Crippen LogP contribution in [0.15, 0.2) is 24.4 Å². The van der Waals surface area contributed by atoms with Crippen molar-refractivity contribution in [2.24, 2.45) is 5.92 Å². The van der Waals surface area contributed by atoms with Crippen LogP contribution in [0.1, 0.15) is 59.3 Å². The number of rotatable bonds is 11. The van der Waals surface area contributed by atoms with Crippen molar-refractivity contribution < 1.29 is 9.13 Å². The highest BCUT2D eigenvalue weighted by Crippen LogP contribution is 2.30. The predicted octanol–water partition coefficient (Wildman–Crippen LogP) is 6.40. The van der Waals surface area contributed by atoms with E-state index in [4.69, 9.17) is 4.74 Å². The van der Waals surface area contributed by atoms with Crippen LogP contribution in [0.25, 0.3) is 16.2 Å². The van der Waals surface area contributed by atoms with E-state index in [9.17, 15) is 4.39 Å². The van der Waals surface area contributed by atoms with Gasteiger partial charge in [-0.15, -0.1) is 5.10 Å². The molecule has 158 valence electrons. The molecule has 3 rings (SSSR count). The second-order valence-corrected chi connectivity index (χ2v) is 8.45. The summed E-state index contributed by atoms with van der Waals surface area (Å²) in [6.07, 6.45) is 9.14. The summed E-state index contributed by atoms with van der Waals surface area (Å²) in [6, 6.07) is 5.04. The van der Waals surface area contributed by atoms with Crippen molar-refractivity contribution in [2.75, 3.05) is 12.4 Å². The molecule has 3 aromatic rings. The molecule has 0 aliphatic carbocycles. The summed E-state index contributed by atoms with van der Waals surface area (Å²) in [5.74, 6) is 0.236. The maximum absolute atomic E-state index is 14.4. The van der Waals surface area contributed by atoms with Gasteiger partial charge < -0.3 is 10.1 Å². The third-order valence-electron chi connectivity index (χ3n) is 5.35. The Hall–Kier alpha value is -2.15. The van der Waals surface area contributed by atoms with Gasteiger partial charge in [-0.3, -0.25) is 0 Å². The molecule has 2 aromatic heterocycles. The van der Waals surface area contributed by atoms with E-state index in [0.29, 0.717) is 27.3 Å². The van der Waals surface area contributed by atoms with E-state index in [1.807, 2.05) is 6.07 Å². The molecule has 0 saturated heterocycles. The molecule has 0 fully saturated rings. The number of benzene rings is 1. The number of hydrogen-bond donors (Lipinski definition) is 1. The minimum absolute atomic E-state index is 0.119. The van der Waals surface area contributed by atoms with Gasteiger partial charge in [-0.1, -0.05) is 39.5 Å². The molecule has 0 saturated carbocycles. The lowest BCUT2D eigenvalue weighted by atomic mass is 9.92. The van der Waals surface area contributed by atoms with E-state index in [1.165, 1.54) is 49.5 Å². The first-order valence-corrected chi connectivity index (χ1v) is 11.4. The maximum atomic E-state index is 14.4. The fourth-order valence-corrected chi connectivity index (χ4v) is 4.45. The van der Waals surface area contributed by atoms with Crippen LogP contribution < -0.4 is 10.1 Å². The number of nitrogens with one attached hydrogen (secondary N) is 1. The Kier molecular flexibility index (Phi) is 7.47. The molecule has 29 heavy (non-hydrogen) atoms. The third kappa shape index (κ3) is 5.26. The monoisotopic (exact) mass is 418 g/mol. The molecular weight excluding hydrogens is 387 g/mol. The average Bonchev–Trinajstić information content (AvgIpc) is 3.25. The molecule has 2 unspecified atom stereocenters. The Bertz CT molecular complexity index is 891. The number of halogens is 1. The lowest BCUT2D eigenvalue weighted by molar-refractivity contribution is 0.134. The normalized spacial score (nSPS) is 13.6. The number of aromatic nitrogens is 3. The van der Waals surface area contributed by atoms with E-state index in [0.717, 1.165) is 12.1 Å². The van der Waals surface area contributed by atoms with Crippen molar-refractivity contribution in [3.05, 3.63) is 30.2 Å². The van der Waals surface area contributed by atoms with Gasteiger partial charge >= 0.3 is 0 Å². The van der Waals surface area contributed by atoms with Gasteiger partial charge in [-0.2, -0.15) is 0 Å². The SMILES string of the molecule is CCCCCC(CCC)C(C)Oc1nn2cc(-c3ccc(NC)cc3F)nc2s1. The molecule has 2 atom stereocenters. The first-order valence-electron chi connectivity index (χ1n) is 10.6. The number of imidazole rings is 1. The Morgan fingerprint density at radius 1 is 1.21 bits per heavy atom. The predicted molar refractivity (Wildman–Crippen MR) is 118 cm³/mol. The van der Waals surface area contributed by atoms with E-state index < -0.39 is 0 Å². The number of anilines is 1. The molecular formula is C22H31FN4OS. The average molecular weight is 419 g/mol. The number of fused-ring (bicyclic) bond motifs is 1. The first kappa shape index (κ1) is 21.6. The van der Waals surface area contributed by atoms with Crippen molar-refractivity contribution >= 4 is 22.0 Å². The zero-order valence-electron chi connectivity index (χ0n) is 17.7. The summed E-state index contributed by atoms with van der Waals surface area (Å²) < 4.78 is 22.2. The third-order valence-corrected chi connectivity index (χ3v) is 6.16. The van der Waals surface area contributed by atoms with Crippen molar-refractivity contribution in [3.8, 4) is 16.5 Å². The minimum atomic E-state index is -0.304. The van der Waals surface area contributed by atoms with Gasteiger partial charge in [0.25, 0.3) is 5.19 Å². The number of ether oxygens (including phenoxy) is 1. The van der Waals surface area contributed by atoms with Crippen LogP contribution in [0.3, 0.4) is 0 Å². The molecule has 1 N–H and O–H groups in total. The topological polar surface area (TPSA) is 51.5 Å². The van der Waals surface area contributed by atoms with Gasteiger partial charge in [-0.05, 0) is 55.2 Å². The van der Waals surface area contributed by atoms with Crippen LogP contribution in [0, 0.1) is 11.7 Å². The van der Waals surface area contributed by atoms with E-state index in [1.54, 1.807) is 23.8 Å². The zero-order chi connectivity index (χ0) is 20.8. The summed E-state index contributed by atoms with van der Waals surface area (Å²) >= 11 is 1.40. The fraction of sp³-hybridized carbons (Fsp3) is 0.545. The molecule has 1 aromatic carbocycles. The molecule has 0 aliphatic rings. The molecule has 5 nitrogen and oxygen atoms in total. The van der Waals surface area contributed by atoms with Crippen molar-refractivity contribution in [1.29, 1.82) is 0 Å². The first-order chi connectivity index (χ1) is 14.0. The highest BCUT2D eigenvalue weighted by atomic mass is 32.1. The van der Waals surface area contributed by atoms with Crippen molar-refractivity contribution in [2.45, 2.75) is 65.4 Å². The molecule has 2 heterocycles. The smallest absolute Gasteiger partial charge is 0.294 e. The lowest BCUT2D eigenvalue weighted by Gasteiger charge is -2.23. The number of nitrogens with zero attached hydrogens (tertiary/aromatic N) is 3. The van der Waals surface area contributed by atoms with Gasteiger partial charge in [-0.25, -0.2) is 13.9 Å². The van der Waals surface area contributed by atoms with Gasteiger partial charge in [0, 0.05) is 18.3 Å². The summed E-state index contributed by atoms with van der Waals surface area (Å²) in [4.78, 5) is 5.25. The summed E-state index contributed by atoms with van der Waals surface area (Å²) in [7, 11) is 1.77. The van der Waals surface area contributed by atoms with Gasteiger partial charge in [0.1, 0.15) is 11.9 Å². The van der Waals surface area contributed by atoms with Crippen LogP contribution in [-0.2, 0) is 0 Å².